The molecule has 0 aromatic carbocycles. The Morgan fingerprint density at radius 3 is 2.56 bits per heavy atom. The van der Waals surface area contributed by atoms with Crippen LogP contribution in [-0.4, -0.2) is 65.1 Å². The number of fused-ring (bicyclic) bond motifs is 1. The highest BCUT2D eigenvalue weighted by Crippen LogP contribution is 2.38. The average Bonchev–Trinajstić information content (AvgIpc) is 3.25. The summed E-state index contributed by atoms with van der Waals surface area (Å²) in [5.41, 5.74) is 0.379. The zero-order chi connectivity index (χ0) is 22.3. The molecule has 0 radical (unpaired) electrons. The van der Waals surface area contributed by atoms with Gasteiger partial charge in [0.1, 0.15) is 22.9 Å². The summed E-state index contributed by atoms with van der Waals surface area (Å²) >= 11 is 5.93. The molecule has 2 fully saturated rings. The van der Waals surface area contributed by atoms with Crippen LogP contribution >= 0.6 is 11.6 Å². The molecule has 0 amide bonds. The Labute approximate surface area is 193 Å². The average molecular weight is 476 g/mol. The minimum absolute atomic E-state index is 0.0245. The Morgan fingerprint density at radius 2 is 1.97 bits per heavy atom. The quantitative estimate of drug-likeness (QED) is 0.560. The van der Waals surface area contributed by atoms with Crippen LogP contribution in [0.1, 0.15) is 43.8 Å². The molecule has 5 rings (SSSR count). The summed E-state index contributed by atoms with van der Waals surface area (Å²) in [6.07, 6.45) is 13.0. The van der Waals surface area contributed by atoms with Crippen molar-refractivity contribution < 1.29 is 9.32 Å². The number of halogens is 1. The first kappa shape index (κ1) is 21.5. The van der Waals surface area contributed by atoms with E-state index in [0.29, 0.717) is 15.7 Å². The van der Waals surface area contributed by atoms with Crippen molar-refractivity contribution in [3.05, 3.63) is 35.8 Å². The molecule has 1 saturated carbocycles. The number of nitrogens with zero attached hydrogens (tertiary/aromatic N) is 6. The summed E-state index contributed by atoms with van der Waals surface area (Å²) in [6, 6.07) is 0. The molecule has 1 aliphatic carbocycles. The van der Waals surface area contributed by atoms with E-state index in [1.165, 1.54) is 0 Å². The van der Waals surface area contributed by atoms with Gasteiger partial charge in [-0.1, -0.05) is 11.6 Å². The van der Waals surface area contributed by atoms with E-state index in [1.54, 1.807) is 31.2 Å². The Morgan fingerprint density at radius 1 is 1.25 bits per heavy atom. The van der Waals surface area contributed by atoms with Crippen molar-refractivity contribution in [2.24, 2.45) is 0 Å². The molecule has 2 N–H and O–H groups in total. The van der Waals surface area contributed by atoms with E-state index in [-0.39, 0.29) is 12.5 Å². The lowest BCUT2D eigenvalue weighted by atomic mass is 9.77. The van der Waals surface area contributed by atoms with Crippen molar-refractivity contribution in [1.82, 2.24) is 24.3 Å². The van der Waals surface area contributed by atoms with Gasteiger partial charge in [-0.25, -0.2) is 15.0 Å². The van der Waals surface area contributed by atoms with Crippen molar-refractivity contribution in [2.75, 3.05) is 36.2 Å². The van der Waals surface area contributed by atoms with Crippen molar-refractivity contribution >= 4 is 39.7 Å². The molecule has 1 atom stereocenters. The smallest absolute Gasteiger partial charge is 0.213 e. The minimum atomic E-state index is -1.27. The monoisotopic (exact) mass is 475 g/mol. The van der Waals surface area contributed by atoms with Gasteiger partial charge in [0.15, 0.2) is 0 Å². The standard InChI is InChI=1S/C21H26ClN7O2S/c1-32(31)17-16-11-23-13-29(16)20(26-19(17)27-21(12-30)5-2-6-21)28-7-3-14(4-8-28)18-24-9-15(22)10-25-18/h9-11,13-14,27,30H,2-8,12H2,1H3/t32-/m1/s1. The third-order valence-corrected chi connectivity index (χ3v) is 7.75. The number of aliphatic hydroxyl groups is 1. The molecule has 0 bridgehead atoms. The second kappa shape index (κ2) is 8.57. The fourth-order valence-electron chi connectivity index (χ4n) is 4.59. The second-order valence-electron chi connectivity index (χ2n) is 8.63. The first-order chi connectivity index (χ1) is 15.5. The molecule has 1 aliphatic heterocycles. The summed E-state index contributed by atoms with van der Waals surface area (Å²) < 4.78 is 14.6. The van der Waals surface area contributed by atoms with Gasteiger partial charge >= 0.3 is 0 Å². The van der Waals surface area contributed by atoms with E-state index in [0.717, 1.165) is 62.5 Å². The van der Waals surface area contributed by atoms with E-state index >= 15 is 0 Å². The van der Waals surface area contributed by atoms with Gasteiger partial charge < -0.3 is 15.3 Å². The SMILES string of the molecule is C[S@@](=O)c1c(NC2(CO)CCC2)nc(N2CCC(c3ncc(Cl)cn3)CC2)n2cncc12. The summed E-state index contributed by atoms with van der Waals surface area (Å²) in [5.74, 6) is 2.43. The predicted octanol–water partition coefficient (Wildman–Crippen LogP) is 2.62. The van der Waals surface area contributed by atoms with E-state index < -0.39 is 16.3 Å². The van der Waals surface area contributed by atoms with E-state index in [1.807, 2.05) is 4.40 Å². The number of hydrogen-bond donors (Lipinski definition) is 2. The first-order valence-corrected chi connectivity index (χ1v) is 12.7. The van der Waals surface area contributed by atoms with Crippen molar-refractivity contribution in [2.45, 2.75) is 48.5 Å². The normalized spacial score (nSPS) is 19.7. The van der Waals surface area contributed by atoms with Gasteiger partial charge in [-0.2, -0.15) is 4.98 Å². The fourth-order valence-corrected chi connectivity index (χ4v) is 5.50. The Balaban J connectivity index is 1.46. The Bertz CT molecular complexity index is 1140. The number of rotatable bonds is 6. The van der Waals surface area contributed by atoms with Gasteiger partial charge in [0, 0.05) is 37.7 Å². The number of aliphatic hydroxyl groups excluding tert-OH is 1. The Hall–Kier alpha value is -2.30. The van der Waals surface area contributed by atoms with Crippen LogP contribution in [0.5, 0.6) is 0 Å². The summed E-state index contributed by atoms with van der Waals surface area (Å²) in [6.45, 7) is 1.60. The molecular formula is C21H26ClN7O2S. The van der Waals surface area contributed by atoms with Crippen molar-refractivity contribution in [3.63, 3.8) is 0 Å². The maximum absolute atomic E-state index is 12.7. The number of anilines is 2. The number of hydrogen-bond acceptors (Lipinski definition) is 8. The van der Waals surface area contributed by atoms with E-state index in [4.69, 9.17) is 16.6 Å². The van der Waals surface area contributed by atoms with Crippen LogP contribution < -0.4 is 10.2 Å². The summed E-state index contributed by atoms with van der Waals surface area (Å²) in [5, 5.41) is 13.9. The lowest BCUT2D eigenvalue weighted by Gasteiger charge is -2.42. The van der Waals surface area contributed by atoms with Crippen LogP contribution in [0, 0.1) is 0 Å². The van der Waals surface area contributed by atoms with Crippen LogP contribution in [0.2, 0.25) is 5.02 Å². The summed E-state index contributed by atoms with van der Waals surface area (Å²) in [4.78, 5) is 20.9. The van der Waals surface area contributed by atoms with E-state index in [2.05, 4.69) is 25.2 Å². The third kappa shape index (κ3) is 3.84. The van der Waals surface area contributed by atoms with Gasteiger partial charge in [-0.3, -0.25) is 8.61 Å². The van der Waals surface area contributed by atoms with E-state index in [9.17, 15) is 9.32 Å². The molecule has 2 aliphatic rings. The fraction of sp³-hybridized carbons (Fsp3) is 0.524. The number of imidazole rings is 1. The molecule has 170 valence electrons. The molecule has 4 heterocycles. The highest BCUT2D eigenvalue weighted by Gasteiger charge is 2.38. The molecule has 0 spiro atoms. The zero-order valence-corrected chi connectivity index (χ0v) is 19.4. The molecule has 3 aromatic heterocycles. The largest absolute Gasteiger partial charge is 0.394 e. The zero-order valence-electron chi connectivity index (χ0n) is 17.9. The molecule has 32 heavy (non-hydrogen) atoms. The minimum Gasteiger partial charge on any atom is -0.394 e. The molecule has 11 heteroatoms. The van der Waals surface area contributed by atoms with Crippen LogP contribution in [0.25, 0.3) is 5.52 Å². The predicted molar refractivity (Wildman–Crippen MR) is 124 cm³/mol. The van der Waals surface area contributed by atoms with Crippen LogP contribution in [0.3, 0.4) is 0 Å². The van der Waals surface area contributed by atoms with Gasteiger partial charge in [-0.05, 0) is 32.1 Å². The lowest BCUT2D eigenvalue weighted by molar-refractivity contribution is 0.143. The van der Waals surface area contributed by atoms with Gasteiger partial charge in [0.05, 0.1) is 39.7 Å². The first-order valence-electron chi connectivity index (χ1n) is 10.8. The Kier molecular flexibility index (Phi) is 5.77. The topological polar surface area (TPSA) is 109 Å². The van der Waals surface area contributed by atoms with Gasteiger partial charge in [0.2, 0.25) is 5.95 Å². The third-order valence-electron chi connectivity index (χ3n) is 6.58. The van der Waals surface area contributed by atoms with Gasteiger partial charge in [0.25, 0.3) is 0 Å². The van der Waals surface area contributed by atoms with Gasteiger partial charge in [-0.15, -0.1) is 0 Å². The maximum atomic E-state index is 12.7. The van der Waals surface area contributed by atoms with Crippen LogP contribution in [0.15, 0.2) is 29.8 Å². The number of nitrogens with one attached hydrogen (secondary N) is 1. The molecule has 3 aromatic rings. The molecular weight excluding hydrogens is 450 g/mol. The highest BCUT2D eigenvalue weighted by atomic mass is 35.5. The maximum Gasteiger partial charge on any atom is 0.213 e. The number of piperidine rings is 1. The molecule has 9 nitrogen and oxygen atoms in total. The number of aromatic nitrogens is 5. The lowest BCUT2D eigenvalue weighted by Crippen LogP contribution is -2.49. The van der Waals surface area contributed by atoms with Crippen molar-refractivity contribution in [3.8, 4) is 0 Å². The highest BCUT2D eigenvalue weighted by molar-refractivity contribution is 7.84. The second-order valence-corrected chi connectivity index (χ2v) is 10.4. The molecule has 1 saturated heterocycles. The summed E-state index contributed by atoms with van der Waals surface area (Å²) in [7, 11) is -1.27. The van der Waals surface area contributed by atoms with Crippen molar-refractivity contribution in [1.29, 1.82) is 0 Å². The van der Waals surface area contributed by atoms with Crippen LogP contribution in [-0.2, 0) is 10.8 Å². The molecule has 0 unspecified atom stereocenters. The van der Waals surface area contributed by atoms with Crippen LogP contribution in [0.4, 0.5) is 11.8 Å².